The molecule has 8 aromatic rings. The zero-order valence-electron chi connectivity index (χ0n) is 29.9. The number of hydrogen-bond acceptors (Lipinski definition) is 2. The Morgan fingerprint density at radius 3 is 1.57 bits per heavy atom. The van der Waals surface area contributed by atoms with Crippen molar-refractivity contribution in [3.63, 3.8) is 0 Å². The monoisotopic (exact) mass is 759 g/mol. The molecule has 0 fully saturated rings. The average molecular weight is 761 g/mol. The molecule has 1 heterocycles. The predicted molar refractivity (Wildman–Crippen MR) is 234 cm³/mol. The van der Waals surface area contributed by atoms with Gasteiger partial charge in [-0.2, -0.15) is 0 Å². The van der Waals surface area contributed by atoms with Gasteiger partial charge in [0, 0.05) is 21.2 Å². The highest BCUT2D eigenvalue weighted by molar-refractivity contribution is 7.20. The second kappa shape index (κ2) is 14.5. The summed E-state index contributed by atoms with van der Waals surface area (Å²) in [7, 11) is -2.92. The minimum atomic E-state index is -2.92. The van der Waals surface area contributed by atoms with Crippen molar-refractivity contribution in [2.75, 3.05) is 4.90 Å². The Morgan fingerprint density at radius 1 is 0.509 bits per heavy atom. The lowest BCUT2D eigenvalue weighted by molar-refractivity contribution is 0.590. The van der Waals surface area contributed by atoms with Gasteiger partial charge in [0.05, 0.1) is 21.4 Å². The molecule has 53 heavy (non-hydrogen) atoms. The second-order valence-electron chi connectivity index (χ2n) is 14.5. The predicted octanol–water partition coefficient (Wildman–Crippen LogP) is 12.0. The van der Waals surface area contributed by atoms with Crippen LogP contribution in [0.2, 0.25) is 10.0 Å². The fourth-order valence-corrected chi connectivity index (χ4v) is 13.7. The van der Waals surface area contributed by atoms with Crippen LogP contribution in [0.1, 0.15) is 26.3 Å². The molecule has 0 radical (unpaired) electrons. The molecule has 260 valence electrons. The SMILES string of the molecule is CC(C)(C)c1ccc(N(c2cc([Si](c3ccccc3)(c3ccccc3)c3ccccc3)cc(Cl)c2Cl)c2csc3ccc(-c4ccccc4)cc23)cc1. The number of benzene rings is 7. The van der Waals surface area contributed by atoms with E-state index in [0.717, 1.165) is 27.6 Å². The number of nitrogens with zero attached hydrogens (tertiary/aromatic N) is 1. The van der Waals surface area contributed by atoms with Gasteiger partial charge in [-0.05, 0) is 79.3 Å². The third kappa shape index (κ3) is 6.53. The molecule has 0 spiro atoms. The van der Waals surface area contributed by atoms with Gasteiger partial charge in [-0.25, -0.2) is 0 Å². The van der Waals surface area contributed by atoms with E-state index in [9.17, 15) is 0 Å². The van der Waals surface area contributed by atoms with Crippen molar-refractivity contribution in [1.29, 1.82) is 0 Å². The van der Waals surface area contributed by atoms with Crippen molar-refractivity contribution in [3.05, 3.63) is 197 Å². The van der Waals surface area contributed by atoms with Crippen molar-refractivity contribution in [2.24, 2.45) is 0 Å². The molecule has 7 aromatic carbocycles. The Bertz CT molecular complexity index is 2400. The minimum Gasteiger partial charge on any atom is -0.307 e. The summed E-state index contributed by atoms with van der Waals surface area (Å²) in [6, 6.07) is 63.5. The van der Waals surface area contributed by atoms with E-state index in [2.05, 4.69) is 207 Å². The van der Waals surface area contributed by atoms with Gasteiger partial charge in [0.15, 0.2) is 8.07 Å². The largest absolute Gasteiger partial charge is 0.307 e. The van der Waals surface area contributed by atoms with Crippen LogP contribution in [-0.2, 0) is 5.41 Å². The first-order chi connectivity index (χ1) is 25.7. The van der Waals surface area contributed by atoms with Crippen LogP contribution in [0.4, 0.5) is 17.1 Å². The van der Waals surface area contributed by atoms with Crippen LogP contribution in [0.5, 0.6) is 0 Å². The number of anilines is 3. The van der Waals surface area contributed by atoms with Gasteiger partial charge in [0.2, 0.25) is 0 Å². The quantitative estimate of drug-likeness (QED) is 0.110. The van der Waals surface area contributed by atoms with Crippen LogP contribution in [-0.4, -0.2) is 8.07 Å². The number of fused-ring (bicyclic) bond motifs is 1. The summed E-state index contributed by atoms with van der Waals surface area (Å²) >= 11 is 16.5. The molecular formula is C48H39Cl2NSSi. The van der Waals surface area contributed by atoms with E-state index in [4.69, 9.17) is 23.2 Å². The first kappa shape index (κ1) is 35.1. The Balaban J connectivity index is 1.43. The molecule has 0 bridgehead atoms. The maximum absolute atomic E-state index is 7.44. The van der Waals surface area contributed by atoms with Gasteiger partial charge in [-0.3, -0.25) is 0 Å². The molecule has 0 N–H and O–H groups in total. The summed E-state index contributed by atoms with van der Waals surface area (Å²) in [6.45, 7) is 6.75. The Morgan fingerprint density at radius 2 is 1.04 bits per heavy atom. The lowest BCUT2D eigenvalue weighted by atomic mass is 9.87. The molecular weight excluding hydrogens is 722 g/mol. The van der Waals surface area contributed by atoms with Crippen molar-refractivity contribution >= 4 is 90.5 Å². The fraction of sp³-hybridized carbons (Fsp3) is 0.0833. The van der Waals surface area contributed by atoms with Crippen LogP contribution in [0.25, 0.3) is 21.2 Å². The van der Waals surface area contributed by atoms with Crippen molar-refractivity contribution in [1.82, 2.24) is 0 Å². The normalized spacial score (nSPS) is 11.9. The maximum Gasteiger partial charge on any atom is 0.179 e. The summed E-state index contributed by atoms with van der Waals surface area (Å²) in [4.78, 5) is 2.32. The number of hydrogen-bond donors (Lipinski definition) is 0. The van der Waals surface area contributed by atoms with E-state index in [1.54, 1.807) is 11.3 Å². The van der Waals surface area contributed by atoms with Crippen LogP contribution >= 0.6 is 34.5 Å². The van der Waals surface area contributed by atoms with E-state index >= 15 is 0 Å². The van der Waals surface area contributed by atoms with Gasteiger partial charge in [0.1, 0.15) is 0 Å². The highest BCUT2D eigenvalue weighted by atomic mass is 35.5. The first-order valence-corrected chi connectivity index (χ1v) is 21.5. The Labute approximate surface area is 327 Å². The third-order valence-corrected chi connectivity index (χ3v) is 16.7. The number of thiophene rings is 1. The molecule has 0 amide bonds. The Hall–Kier alpha value is -4.90. The molecule has 1 aromatic heterocycles. The van der Waals surface area contributed by atoms with Gasteiger partial charge in [-0.15, -0.1) is 11.3 Å². The molecule has 0 aliphatic rings. The van der Waals surface area contributed by atoms with Crippen molar-refractivity contribution in [3.8, 4) is 11.1 Å². The summed E-state index contributed by atoms with van der Waals surface area (Å²) in [6.07, 6.45) is 0. The van der Waals surface area contributed by atoms with E-state index < -0.39 is 8.07 Å². The first-order valence-electron chi connectivity index (χ1n) is 17.9. The van der Waals surface area contributed by atoms with Gasteiger partial charge >= 0.3 is 0 Å². The third-order valence-electron chi connectivity index (χ3n) is 10.2. The number of rotatable bonds is 8. The molecule has 0 aliphatic heterocycles. The average Bonchev–Trinajstić information content (AvgIpc) is 3.61. The molecule has 0 aliphatic carbocycles. The summed E-state index contributed by atoms with van der Waals surface area (Å²) in [5.41, 5.74) is 6.56. The van der Waals surface area contributed by atoms with Crippen LogP contribution in [0.15, 0.2) is 181 Å². The summed E-state index contributed by atoms with van der Waals surface area (Å²) in [5.74, 6) is 0. The van der Waals surface area contributed by atoms with Gasteiger partial charge < -0.3 is 4.90 Å². The highest BCUT2D eigenvalue weighted by Crippen LogP contribution is 2.47. The van der Waals surface area contributed by atoms with Crippen LogP contribution in [0, 0.1) is 0 Å². The zero-order valence-corrected chi connectivity index (χ0v) is 33.3. The molecule has 1 nitrogen and oxygen atoms in total. The minimum absolute atomic E-state index is 0.0101. The van der Waals surface area contributed by atoms with Crippen LogP contribution < -0.4 is 25.6 Å². The molecule has 0 unspecified atom stereocenters. The van der Waals surface area contributed by atoms with Crippen molar-refractivity contribution in [2.45, 2.75) is 26.2 Å². The molecule has 0 atom stereocenters. The van der Waals surface area contributed by atoms with E-state index in [1.807, 2.05) is 0 Å². The van der Waals surface area contributed by atoms with Gasteiger partial charge in [0.25, 0.3) is 0 Å². The zero-order chi connectivity index (χ0) is 36.6. The summed E-state index contributed by atoms with van der Waals surface area (Å²) < 4.78 is 1.20. The smallest absolute Gasteiger partial charge is 0.179 e. The summed E-state index contributed by atoms with van der Waals surface area (Å²) in [5, 5.41) is 9.44. The standard InChI is InChI=1S/C48H39Cl2NSSi/c1-48(2,3)36-25-27-37(28-26-36)51(45-33-52-46-29-24-35(30-42(45)46)34-16-8-4-9-17-34)44-32-41(31-43(49)47(44)50)53(38-18-10-5-11-19-38,39-20-12-6-13-21-39)40-22-14-7-15-23-40/h4-33H,1-3H3. The van der Waals surface area contributed by atoms with E-state index in [1.165, 1.54) is 37.0 Å². The molecule has 8 rings (SSSR count). The van der Waals surface area contributed by atoms with Crippen molar-refractivity contribution < 1.29 is 0 Å². The lowest BCUT2D eigenvalue weighted by Crippen LogP contribution is -2.74. The maximum atomic E-state index is 7.44. The van der Waals surface area contributed by atoms with E-state index in [0.29, 0.717) is 10.0 Å². The topological polar surface area (TPSA) is 3.24 Å². The number of halogens is 2. The molecule has 0 saturated heterocycles. The second-order valence-corrected chi connectivity index (χ2v) is 20.0. The fourth-order valence-electron chi connectivity index (χ4n) is 7.54. The lowest BCUT2D eigenvalue weighted by Gasteiger charge is -2.36. The van der Waals surface area contributed by atoms with Crippen LogP contribution in [0.3, 0.4) is 0 Å². The Kier molecular flexibility index (Phi) is 9.61. The molecule has 5 heteroatoms. The highest BCUT2D eigenvalue weighted by Gasteiger charge is 2.42. The van der Waals surface area contributed by atoms with Gasteiger partial charge in [-0.1, -0.05) is 183 Å². The van der Waals surface area contributed by atoms with E-state index in [-0.39, 0.29) is 5.41 Å². The molecule has 0 saturated carbocycles.